The number of benzene rings is 1. The zero-order valence-electron chi connectivity index (χ0n) is 12.9. The second kappa shape index (κ2) is 6.04. The van der Waals surface area contributed by atoms with Crippen molar-refractivity contribution in [3.63, 3.8) is 0 Å². The van der Waals surface area contributed by atoms with Gasteiger partial charge in [0.15, 0.2) is 0 Å². The summed E-state index contributed by atoms with van der Waals surface area (Å²) in [5.41, 5.74) is 0.902. The molecule has 0 atom stereocenters. The molecular formula is C14H20N2O5S2. The Hall–Kier alpha value is -1.16. The normalized spacial score (nSPS) is 20.2. The first-order chi connectivity index (χ1) is 10.9. The minimum Gasteiger partial charge on any atom is -0.492 e. The molecule has 9 heteroatoms. The summed E-state index contributed by atoms with van der Waals surface area (Å²) in [5.74, 6) is 0.442. The lowest BCUT2D eigenvalue weighted by Gasteiger charge is -2.31. The number of hydrogen-bond acceptors (Lipinski definition) is 5. The molecule has 2 heterocycles. The lowest BCUT2D eigenvalue weighted by molar-refractivity contribution is 0.333. The summed E-state index contributed by atoms with van der Waals surface area (Å²) in [4.78, 5) is 0.183. The topological polar surface area (TPSA) is 92.8 Å². The highest BCUT2D eigenvalue weighted by Gasteiger charge is 2.36. The van der Waals surface area contributed by atoms with Gasteiger partial charge in [-0.2, -0.15) is 4.31 Å². The van der Waals surface area contributed by atoms with Gasteiger partial charge in [0.1, 0.15) is 10.6 Å². The third kappa shape index (κ3) is 2.98. The van der Waals surface area contributed by atoms with E-state index in [0.29, 0.717) is 18.8 Å². The first-order valence-electron chi connectivity index (χ1n) is 7.53. The summed E-state index contributed by atoms with van der Waals surface area (Å²) in [6.45, 7) is 0.875. The average Bonchev–Trinajstić information content (AvgIpc) is 3.03. The molecule has 0 aliphatic carbocycles. The molecule has 128 valence electrons. The Morgan fingerprint density at radius 3 is 2.52 bits per heavy atom. The van der Waals surface area contributed by atoms with Gasteiger partial charge in [0.05, 0.1) is 11.9 Å². The van der Waals surface area contributed by atoms with E-state index in [1.54, 1.807) is 12.1 Å². The molecule has 3 rings (SSSR count). The molecule has 1 aromatic rings. The maximum Gasteiger partial charge on any atom is 0.246 e. The predicted octanol–water partition coefficient (Wildman–Crippen LogP) is 0.324. The number of rotatable bonds is 4. The van der Waals surface area contributed by atoms with Crippen molar-refractivity contribution < 1.29 is 21.6 Å². The molecule has 0 unspecified atom stereocenters. The van der Waals surface area contributed by atoms with Gasteiger partial charge in [0.2, 0.25) is 20.0 Å². The number of hydrogen-bond donors (Lipinski definition) is 1. The van der Waals surface area contributed by atoms with E-state index >= 15 is 0 Å². The van der Waals surface area contributed by atoms with Crippen molar-refractivity contribution in [3.05, 3.63) is 23.8 Å². The maximum atomic E-state index is 12.9. The smallest absolute Gasteiger partial charge is 0.246 e. The van der Waals surface area contributed by atoms with Crippen LogP contribution < -0.4 is 9.46 Å². The molecule has 0 aromatic heterocycles. The fraction of sp³-hybridized carbons (Fsp3) is 0.571. The van der Waals surface area contributed by atoms with Crippen molar-refractivity contribution in [3.8, 4) is 5.75 Å². The minimum atomic E-state index is -3.67. The molecule has 0 amide bonds. The van der Waals surface area contributed by atoms with Crippen molar-refractivity contribution in [2.45, 2.75) is 29.4 Å². The van der Waals surface area contributed by atoms with Gasteiger partial charge in [-0.3, -0.25) is 0 Å². The van der Waals surface area contributed by atoms with Crippen LogP contribution in [0.2, 0.25) is 0 Å². The fourth-order valence-corrected chi connectivity index (χ4v) is 5.89. The van der Waals surface area contributed by atoms with Gasteiger partial charge in [-0.05, 0) is 31.5 Å². The van der Waals surface area contributed by atoms with E-state index in [2.05, 4.69) is 4.72 Å². The van der Waals surface area contributed by atoms with Gasteiger partial charge in [-0.25, -0.2) is 21.6 Å². The van der Waals surface area contributed by atoms with Crippen molar-refractivity contribution in [2.24, 2.45) is 0 Å². The van der Waals surface area contributed by atoms with Crippen LogP contribution in [0.5, 0.6) is 5.75 Å². The van der Waals surface area contributed by atoms with Crippen LogP contribution in [0.3, 0.4) is 0 Å². The predicted molar refractivity (Wildman–Crippen MR) is 85.4 cm³/mol. The standard InChI is InChI=1S/C14H20N2O5S2/c1-15-22(17,18)12-5-8-16(9-6-12)23(19,20)13-4-2-3-11-7-10-21-14(11)13/h2-4,12,15H,5-10H2,1H3. The van der Waals surface area contributed by atoms with Crippen molar-refractivity contribution in [1.82, 2.24) is 9.03 Å². The monoisotopic (exact) mass is 360 g/mol. The summed E-state index contributed by atoms with van der Waals surface area (Å²) in [5, 5.41) is -0.545. The van der Waals surface area contributed by atoms with E-state index in [0.717, 1.165) is 5.56 Å². The molecule has 1 fully saturated rings. The third-order valence-corrected chi connectivity index (χ3v) is 8.26. The molecule has 0 spiro atoms. The molecule has 2 aliphatic rings. The van der Waals surface area contributed by atoms with E-state index in [1.807, 2.05) is 6.07 Å². The Morgan fingerprint density at radius 2 is 1.87 bits per heavy atom. The van der Waals surface area contributed by atoms with Crippen LogP contribution in [0, 0.1) is 0 Å². The molecular weight excluding hydrogens is 340 g/mol. The van der Waals surface area contributed by atoms with Crippen LogP contribution in [0.25, 0.3) is 0 Å². The van der Waals surface area contributed by atoms with E-state index in [4.69, 9.17) is 4.74 Å². The molecule has 0 bridgehead atoms. The van der Waals surface area contributed by atoms with E-state index in [1.165, 1.54) is 11.4 Å². The summed E-state index contributed by atoms with van der Waals surface area (Å²) >= 11 is 0. The minimum absolute atomic E-state index is 0.183. The number of nitrogens with zero attached hydrogens (tertiary/aromatic N) is 1. The van der Waals surface area contributed by atoms with Crippen LogP contribution in [-0.4, -0.2) is 53.1 Å². The molecule has 0 radical (unpaired) electrons. The Balaban J connectivity index is 1.82. The highest BCUT2D eigenvalue weighted by atomic mass is 32.2. The summed E-state index contributed by atoms with van der Waals surface area (Å²) in [7, 11) is -5.65. The molecule has 7 nitrogen and oxygen atoms in total. The third-order valence-electron chi connectivity index (χ3n) is 4.42. The second-order valence-corrected chi connectivity index (χ2v) is 9.77. The Kier molecular flexibility index (Phi) is 4.39. The number of nitrogens with one attached hydrogen (secondary N) is 1. The number of sulfonamides is 2. The lowest BCUT2D eigenvalue weighted by Crippen LogP contribution is -2.44. The molecule has 1 aromatic carbocycles. The second-order valence-electron chi connectivity index (χ2n) is 5.70. The average molecular weight is 360 g/mol. The first-order valence-corrected chi connectivity index (χ1v) is 10.5. The maximum absolute atomic E-state index is 12.9. The Labute approximate surface area is 136 Å². The van der Waals surface area contributed by atoms with Crippen LogP contribution in [0.15, 0.2) is 23.1 Å². The van der Waals surface area contributed by atoms with Gasteiger partial charge in [-0.1, -0.05) is 12.1 Å². The first kappa shape index (κ1) is 16.7. The van der Waals surface area contributed by atoms with Gasteiger partial charge in [-0.15, -0.1) is 0 Å². The molecule has 0 saturated carbocycles. The molecule has 1 N–H and O–H groups in total. The number of piperidine rings is 1. The Bertz CT molecular complexity index is 796. The highest BCUT2D eigenvalue weighted by molar-refractivity contribution is 7.90. The van der Waals surface area contributed by atoms with Crippen LogP contribution >= 0.6 is 0 Å². The van der Waals surface area contributed by atoms with Gasteiger partial charge in [0.25, 0.3) is 0 Å². The van der Waals surface area contributed by atoms with Crippen molar-refractivity contribution in [2.75, 3.05) is 26.7 Å². The molecule has 1 saturated heterocycles. The number of para-hydroxylation sites is 1. The van der Waals surface area contributed by atoms with Gasteiger partial charge in [0, 0.05) is 19.5 Å². The molecule has 23 heavy (non-hydrogen) atoms. The summed E-state index contributed by atoms with van der Waals surface area (Å²) < 4.78 is 58.5. The van der Waals surface area contributed by atoms with Gasteiger partial charge >= 0.3 is 0 Å². The SMILES string of the molecule is CNS(=O)(=O)C1CCN(S(=O)(=O)c2cccc3c2OCC3)CC1. The number of ether oxygens (including phenoxy) is 1. The zero-order valence-corrected chi connectivity index (χ0v) is 14.5. The van der Waals surface area contributed by atoms with Crippen molar-refractivity contribution >= 4 is 20.0 Å². The lowest BCUT2D eigenvalue weighted by atomic mass is 10.2. The Morgan fingerprint density at radius 1 is 1.17 bits per heavy atom. The van der Waals surface area contributed by atoms with Crippen LogP contribution in [0.1, 0.15) is 18.4 Å². The van der Waals surface area contributed by atoms with E-state index in [-0.39, 0.29) is 30.8 Å². The van der Waals surface area contributed by atoms with Gasteiger partial charge < -0.3 is 4.74 Å². The highest BCUT2D eigenvalue weighted by Crippen LogP contribution is 2.35. The fourth-order valence-electron chi connectivity index (χ4n) is 3.08. The van der Waals surface area contributed by atoms with E-state index in [9.17, 15) is 16.8 Å². The molecule has 2 aliphatic heterocycles. The van der Waals surface area contributed by atoms with Crippen LogP contribution in [0.4, 0.5) is 0 Å². The summed E-state index contributed by atoms with van der Waals surface area (Å²) in [6, 6.07) is 5.14. The zero-order chi connectivity index (χ0) is 16.7. The number of fused-ring (bicyclic) bond motifs is 1. The van der Waals surface area contributed by atoms with Crippen LogP contribution in [-0.2, 0) is 26.5 Å². The quantitative estimate of drug-likeness (QED) is 0.835. The van der Waals surface area contributed by atoms with E-state index < -0.39 is 25.3 Å². The largest absolute Gasteiger partial charge is 0.492 e. The summed E-state index contributed by atoms with van der Waals surface area (Å²) in [6.07, 6.45) is 1.29. The van der Waals surface area contributed by atoms with Crippen molar-refractivity contribution in [1.29, 1.82) is 0 Å².